The van der Waals surface area contributed by atoms with Crippen LogP contribution in [0.4, 0.5) is 11.8 Å². The zero-order valence-corrected chi connectivity index (χ0v) is 14.4. The molecule has 0 radical (unpaired) electrons. The number of ether oxygens (including phenoxy) is 2. The summed E-state index contributed by atoms with van der Waals surface area (Å²) in [7, 11) is 0. The summed E-state index contributed by atoms with van der Waals surface area (Å²) in [6.45, 7) is 5.76. The van der Waals surface area contributed by atoms with E-state index in [-0.39, 0.29) is 5.79 Å². The first-order chi connectivity index (χ1) is 12.2. The SMILES string of the molecule is Cc1cc(NCc2cccnc2)nc(N2CCC3(CC2)OCCO3)n1. The number of pyridine rings is 1. The quantitative estimate of drug-likeness (QED) is 0.913. The third kappa shape index (κ3) is 3.72. The van der Waals surface area contributed by atoms with Crippen molar-refractivity contribution in [2.24, 2.45) is 0 Å². The zero-order chi connectivity index (χ0) is 17.1. The van der Waals surface area contributed by atoms with Crippen molar-refractivity contribution < 1.29 is 9.47 Å². The minimum absolute atomic E-state index is 0.373. The molecule has 0 aromatic carbocycles. The standard InChI is InChI=1S/C18H23N5O2/c1-14-11-16(20-13-15-3-2-6-19-12-15)22-17(21-14)23-7-4-18(5-8-23)24-9-10-25-18/h2-3,6,11-12H,4-5,7-10,13H2,1H3,(H,20,21,22). The molecule has 2 fully saturated rings. The Balaban J connectivity index is 1.43. The van der Waals surface area contributed by atoms with E-state index in [1.54, 1.807) is 6.20 Å². The molecule has 0 amide bonds. The van der Waals surface area contributed by atoms with Gasteiger partial charge < -0.3 is 19.7 Å². The van der Waals surface area contributed by atoms with Gasteiger partial charge in [-0.2, -0.15) is 4.98 Å². The summed E-state index contributed by atoms with van der Waals surface area (Å²) >= 11 is 0. The molecule has 132 valence electrons. The van der Waals surface area contributed by atoms with Gasteiger partial charge in [-0.3, -0.25) is 4.98 Å². The lowest BCUT2D eigenvalue weighted by molar-refractivity contribution is -0.169. The first kappa shape index (κ1) is 16.2. The average Bonchev–Trinajstić information content (AvgIpc) is 3.09. The molecule has 4 rings (SSSR count). The Morgan fingerprint density at radius 3 is 2.72 bits per heavy atom. The summed E-state index contributed by atoms with van der Waals surface area (Å²) in [5.74, 6) is 1.23. The number of rotatable bonds is 4. The number of nitrogens with one attached hydrogen (secondary N) is 1. The number of anilines is 2. The van der Waals surface area contributed by atoms with Gasteiger partial charge in [0, 0.05) is 56.6 Å². The van der Waals surface area contributed by atoms with E-state index in [2.05, 4.69) is 25.2 Å². The molecule has 0 saturated carbocycles. The van der Waals surface area contributed by atoms with Crippen LogP contribution in [0.15, 0.2) is 30.6 Å². The summed E-state index contributed by atoms with van der Waals surface area (Å²) in [5.41, 5.74) is 2.07. The lowest BCUT2D eigenvalue weighted by atomic mass is 10.0. The second kappa shape index (κ2) is 6.93. The Morgan fingerprint density at radius 1 is 1.20 bits per heavy atom. The number of aromatic nitrogens is 3. The number of aryl methyl sites for hydroxylation is 1. The fraction of sp³-hybridized carbons (Fsp3) is 0.500. The molecule has 7 heteroatoms. The summed E-state index contributed by atoms with van der Waals surface area (Å²) in [5, 5.41) is 3.36. The van der Waals surface area contributed by atoms with Crippen LogP contribution in [0, 0.1) is 6.92 Å². The van der Waals surface area contributed by atoms with Gasteiger partial charge in [0.2, 0.25) is 5.95 Å². The molecular weight excluding hydrogens is 318 g/mol. The fourth-order valence-corrected chi connectivity index (χ4v) is 3.31. The van der Waals surface area contributed by atoms with E-state index in [1.807, 2.05) is 31.3 Å². The molecular formula is C18H23N5O2. The highest BCUT2D eigenvalue weighted by Gasteiger charge is 2.40. The van der Waals surface area contributed by atoms with E-state index < -0.39 is 0 Å². The van der Waals surface area contributed by atoms with Crippen molar-refractivity contribution in [1.29, 1.82) is 0 Å². The second-order valence-electron chi connectivity index (χ2n) is 6.50. The maximum absolute atomic E-state index is 5.79. The van der Waals surface area contributed by atoms with Crippen LogP contribution in [0.5, 0.6) is 0 Å². The molecule has 1 spiro atoms. The van der Waals surface area contributed by atoms with Gasteiger partial charge in [-0.15, -0.1) is 0 Å². The van der Waals surface area contributed by atoms with E-state index in [9.17, 15) is 0 Å². The monoisotopic (exact) mass is 341 g/mol. The largest absolute Gasteiger partial charge is 0.366 e. The second-order valence-corrected chi connectivity index (χ2v) is 6.50. The molecule has 4 heterocycles. The molecule has 7 nitrogen and oxygen atoms in total. The third-order valence-electron chi connectivity index (χ3n) is 4.66. The third-order valence-corrected chi connectivity index (χ3v) is 4.66. The van der Waals surface area contributed by atoms with Crippen molar-refractivity contribution >= 4 is 11.8 Å². The Hall–Kier alpha value is -2.25. The van der Waals surface area contributed by atoms with Gasteiger partial charge in [0.25, 0.3) is 0 Å². The summed E-state index contributed by atoms with van der Waals surface area (Å²) in [6.07, 6.45) is 5.33. The van der Waals surface area contributed by atoms with E-state index in [0.29, 0.717) is 19.8 Å². The maximum Gasteiger partial charge on any atom is 0.227 e. The van der Waals surface area contributed by atoms with Crippen LogP contribution in [-0.2, 0) is 16.0 Å². The van der Waals surface area contributed by atoms with Crippen molar-refractivity contribution in [3.8, 4) is 0 Å². The van der Waals surface area contributed by atoms with Gasteiger partial charge in [0.15, 0.2) is 5.79 Å². The van der Waals surface area contributed by atoms with Gasteiger partial charge in [-0.05, 0) is 18.6 Å². The van der Waals surface area contributed by atoms with Gasteiger partial charge in [0.05, 0.1) is 13.2 Å². The highest BCUT2D eigenvalue weighted by atomic mass is 16.7. The molecule has 2 aromatic heterocycles. The van der Waals surface area contributed by atoms with Crippen LogP contribution < -0.4 is 10.2 Å². The van der Waals surface area contributed by atoms with Crippen LogP contribution in [0.25, 0.3) is 0 Å². The number of hydrogen-bond donors (Lipinski definition) is 1. The predicted octanol–water partition coefficient (Wildman–Crippen LogP) is 2.14. The van der Waals surface area contributed by atoms with E-state index in [0.717, 1.165) is 49.0 Å². The summed E-state index contributed by atoms with van der Waals surface area (Å²) in [6, 6.07) is 5.94. The normalized spacial score (nSPS) is 19.3. The molecule has 25 heavy (non-hydrogen) atoms. The maximum atomic E-state index is 5.79. The Labute approximate surface area is 147 Å². The Kier molecular flexibility index (Phi) is 4.50. The molecule has 0 atom stereocenters. The van der Waals surface area contributed by atoms with Crippen LogP contribution >= 0.6 is 0 Å². The van der Waals surface area contributed by atoms with Crippen molar-refractivity contribution in [3.05, 3.63) is 41.9 Å². The number of nitrogens with zero attached hydrogens (tertiary/aromatic N) is 4. The van der Waals surface area contributed by atoms with Crippen LogP contribution in [0.2, 0.25) is 0 Å². The highest BCUT2D eigenvalue weighted by molar-refractivity contribution is 5.44. The molecule has 2 aromatic rings. The Morgan fingerprint density at radius 2 is 2.00 bits per heavy atom. The minimum atomic E-state index is -0.373. The topological polar surface area (TPSA) is 72.4 Å². The van der Waals surface area contributed by atoms with Crippen LogP contribution in [-0.4, -0.2) is 47.0 Å². The molecule has 0 bridgehead atoms. The lowest BCUT2D eigenvalue weighted by Gasteiger charge is -2.37. The molecule has 1 N–H and O–H groups in total. The molecule has 2 saturated heterocycles. The number of piperidine rings is 1. The van der Waals surface area contributed by atoms with Gasteiger partial charge in [-0.25, -0.2) is 4.98 Å². The smallest absolute Gasteiger partial charge is 0.227 e. The van der Waals surface area contributed by atoms with Crippen molar-refractivity contribution in [2.75, 3.05) is 36.5 Å². The molecule has 0 aliphatic carbocycles. The molecule has 2 aliphatic heterocycles. The Bertz CT molecular complexity index is 709. The van der Waals surface area contributed by atoms with Crippen LogP contribution in [0.1, 0.15) is 24.1 Å². The summed E-state index contributed by atoms with van der Waals surface area (Å²) < 4.78 is 11.6. The molecule has 0 unspecified atom stereocenters. The van der Waals surface area contributed by atoms with E-state index in [1.165, 1.54) is 0 Å². The van der Waals surface area contributed by atoms with Crippen molar-refractivity contribution in [2.45, 2.75) is 32.1 Å². The van der Waals surface area contributed by atoms with Crippen LogP contribution in [0.3, 0.4) is 0 Å². The first-order valence-electron chi connectivity index (χ1n) is 8.74. The van der Waals surface area contributed by atoms with Crippen molar-refractivity contribution in [3.63, 3.8) is 0 Å². The molecule has 2 aliphatic rings. The van der Waals surface area contributed by atoms with Crippen molar-refractivity contribution in [1.82, 2.24) is 15.0 Å². The first-order valence-corrected chi connectivity index (χ1v) is 8.74. The lowest BCUT2D eigenvalue weighted by Crippen LogP contribution is -2.45. The summed E-state index contributed by atoms with van der Waals surface area (Å²) in [4.78, 5) is 15.6. The van der Waals surface area contributed by atoms with Gasteiger partial charge in [0.1, 0.15) is 5.82 Å². The average molecular weight is 341 g/mol. The minimum Gasteiger partial charge on any atom is -0.366 e. The predicted molar refractivity (Wildman–Crippen MR) is 94.4 cm³/mol. The van der Waals surface area contributed by atoms with E-state index in [4.69, 9.17) is 9.47 Å². The fourth-order valence-electron chi connectivity index (χ4n) is 3.31. The van der Waals surface area contributed by atoms with Gasteiger partial charge in [-0.1, -0.05) is 6.07 Å². The highest BCUT2D eigenvalue weighted by Crippen LogP contribution is 2.32. The zero-order valence-electron chi connectivity index (χ0n) is 14.4. The number of hydrogen-bond acceptors (Lipinski definition) is 7. The van der Waals surface area contributed by atoms with E-state index >= 15 is 0 Å². The van der Waals surface area contributed by atoms with Gasteiger partial charge >= 0.3 is 0 Å².